The van der Waals surface area contributed by atoms with Gasteiger partial charge in [-0.05, 0) is 36.4 Å². The number of hydrogen-bond donors (Lipinski definition) is 2. The number of para-hydroxylation sites is 1. The molecule has 0 bridgehead atoms. The van der Waals surface area contributed by atoms with E-state index < -0.39 is 10.0 Å². The van der Waals surface area contributed by atoms with Gasteiger partial charge in [0.25, 0.3) is 10.0 Å². The van der Waals surface area contributed by atoms with E-state index in [0.717, 1.165) is 16.6 Å². The van der Waals surface area contributed by atoms with E-state index in [-0.39, 0.29) is 4.90 Å². The van der Waals surface area contributed by atoms with Crippen LogP contribution >= 0.6 is 15.9 Å². The third-order valence-corrected chi connectivity index (χ3v) is 4.79. The van der Waals surface area contributed by atoms with Gasteiger partial charge in [0.15, 0.2) is 0 Å². The minimum atomic E-state index is -3.59. The largest absolute Gasteiger partial charge is 0.313 e. The van der Waals surface area contributed by atoms with E-state index in [1.165, 1.54) is 0 Å². The van der Waals surface area contributed by atoms with Gasteiger partial charge in [-0.1, -0.05) is 47.1 Å². The van der Waals surface area contributed by atoms with Crippen LogP contribution in [0.15, 0.2) is 57.9 Å². The van der Waals surface area contributed by atoms with E-state index >= 15 is 0 Å². The predicted molar refractivity (Wildman–Crippen MR) is 88.8 cm³/mol. The Kier molecular flexibility index (Phi) is 5.39. The van der Waals surface area contributed by atoms with E-state index in [0.29, 0.717) is 12.2 Å². The monoisotopic (exact) mass is 368 g/mol. The molecule has 6 heteroatoms. The quantitative estimate of drug-likeness (QED) is 0.821. The number of sulfonamides is 1. The zero-order valence-corrected chi connectivity index (χ0v) is 14.0. The molecule has 2 aromatic rings. The fraction of sp³-hybridized carbons (Fsp3) is 0.200. The van der Waals surface area contributed by atoms with Crippen molar-refractivity contribution in [3.8, 4) is 0 Å². The molecule has 0 radical (unpaired) electrons. The van der Waals surface area contributed by atoms with Gasteiger partial charge in [0.05, 0.1) is 10.6 Å². The Labute approximate surface area is 133 Å². The highest BCUT2D eigenvalue weighted by molar-refractivity contribution is 9.10. The van der Waals surface area contributed by atoms with Crippen LogP contribution in [-0.4, -0.2) is 15.0 Å². The Morgan fingerprint density at radius 2 is 1.86 bits per heavy atom. The van der Waals surface area contributed by atoms with Crippen molar-refractivity contribution in [2.75, 3.05) is 11.3 Å². The van der Waals surface area contributed by atoms with Crippen LogP contribution in [0.4, 0.5) is 5.69 Å². The maximum atomic E-state index is 12.4. The normalized spacial score (nSPS) is 11.3. The highest BCUT2D eigenvalue weighted by Crippen LogP contribution is 2.22. The number of halogens is 1. The lowest BCUT2D eigenvalue weighted by atomic mass is 10.2. The van der Waals surface area contributed by atoms with Crippen molar-refractivity contribution in [3.05, 3.63) is 58.6 Å². The zero-order chi connectivity index (χ0) is 15.3. The number of benzene rings is 2. The van der Waals surface area contributed by atoms with E-state index in [1.807, 2.05) is 25.1 Å². The van der Waals surface area contributed by atoms with E-state index in [9.17, 15) is 8.42 Å². The third-order valence-electron chi connectivity index (χ3n) is 2.93. The average Bonchev–Trinajstić information content (AvgIpc) is 2.46. The highest BCUT2D eigenvalue weighted by atomic mass is 79.9. The summed E-state index contributed by atoms with van der Waals surface area (Å²) in [6.45, 7) is 3.45. The molecule has 0 saturated carbocycles. The van der Waals surface area contributed by atoms with Crippen molar-refractivity contribution in [1.82, 2.24) is 5.32 Å². The second-order valence-electron chi connectivity index (χ2n) is 4.50. The van der Waals surface area contributed by atoms with Gasteiger partial charge >= 0.3 is 0 Å². The summed E-state index contributed by atoms with van der Waals surface area (Å²) in [6, 6.07) is 14.0. The Morgan fingerprint density at radius 3 is 2.57 bits per heavy atom. The van der Waals surface area contributed by atoms with Crippen LogP contribution in [0.5, 0.6) is 0 Å². The second kappa shape index (κ2) is 7.06. The number of hydrogen-bond acceptors (Lipinski definition) is 3. The lowest BCUT2D eigenvalue weighted by Gasteiger charge is -2.13. The van der Waals surface area contributed by atoms with Crippen molar-refractivity contribution in [1.29, 1.82) is 0 Å². The lowest BCUT2D eigenvalue weighted by Crippen LogP contribution is -2.17. The van der Waals surface area contributed by atoms with Crippen molar-refractivity contribution in [3.63, 3.8) is 0 Å². The molecule has 0 fully saturated rings. The van der Waals surface area contributed by atoms with Gasteiger partial charge in [0.2, 0.25) is 0 Å². The minimum Gasteiger partial charge on any atom is -0.313 e. The fourth-order valence-electron chi connectivity index (χ4n) is 1.87. The van der Waals surface area contributed by atoms with Crippen LogP contribution < -0.4 is 10.0 Å². The summed E-state index contributed by atoms with van der Waals surface area (Å²) in [7, 11) is -3.59. The number of rotatable bonds is 6. The fourth-order valence-corrected chi connectivity index (χ4v) is 3.57. The predicted octanol–water partition coefficient (Wildman–Crippen LogP) is 3.36. The first-order chi connectivity index (χ1) is 10.0. The molecular weight excluding hydrogens is 352 g/mol. The van der Waals surface area contributed by atoms with Crippen LogP contribution in [0.3, 0.4) is 0 Å². The molecule has 4 nitrogen and oxygen atoms in total. The summed E-state index contributed by atoms with van der Waals surface area (Å²) in [6.07, 6.45) is 0. The van der Waals surface area contributed by atoms with Gasteiger partial charge in [-0.3, -0.25) is 4.72 Å². The summed E-state index contributed by atoms with van der Waals surface area (Å²) < 4.78 is 28.2. The summed E-state index contributed by atoms with van der Waals surface area (Å²) in [5.41, 5.74) is 1.51. The standard InChI is InChI=1S/C15H17BrN2O2S/c1-2-17-11-12-6-3-4-9-15(12)18-21(19,20)14-8-5-7-13(16)10-14/h3-10,17-18H,2,11H2,1H3. The van der Waals surface area contributed by atoms with Gasteiger partial charge in [-0.25, -0.2) is 8.42 Å². The molecule has 0 heterocycles. The van der Waals surface area contributed by atoms with E-state index in [4.69, 9.17) is 0 Å². The van der Waals surface area contributed by atoms with Crippen LogP contribution in [-0.2, 0) is 16.6 Å². The zero-order valence-electron chi connectivity index (χ0n) is 11.6. The van der Waals surface area contributed by atoms with Crippen LogP contribution in [0.2, 0.25) is 0 Å². The first kappa shape index (κ1) is 16.0. The Hall–Kier alpha value is -1.37. The van der Waals surface area contributed by atoms with Crippen LogP contribution in [0, 0.1) is 0 Å². The van der Waals surface area contributed by atoms with Gasteiger partial charge in [-0.15, -0.1) is 0 Å². The SMILES string of the molecule is CCNCc1ccccc1NS(=O)(=O)c1cccc(Br)c1. The molecule has 0 saturated heterocycles. The molecule has 0 amide bonds. The Bertz CT molecular complexity index is 717. The summed E-state index contributed by atoms with van der Waals surface area (Å²) in [4.78, 5) is 0.232. The molecule has 0 unspecified atom stereocenters. The molecule has 0 aliphatic rings. The first-order valence-electron chi connectivity index (χ1n) is 6.60. The molecule has 112 valence electrons. The second-order valence-corrected chi connectivity index (χ2v) is 7.10. The molecule has 0 aliphatic carbocycles. The Balaban J connectivity index is 2.29. The smallest absolute Gasteiger partial charge is 0.261 e. The third kappa shape index (κ3) is 4.30. The van der Waals surface area contributed by atoms with Crippen LogP contribution in [0.25, 0.3) is 0 Å². The summed E-state index contributed by atoms with van der Waals surface area (Å²) in [5.74, 6) is 0. The summed E-state index contributed by atoms with van der Waals surface area (Å²) >= 11 is 3.29. The minimum absolute atomic E-state index is 0.232. The molecule has 0 aliphatic heterocycles. The van der Waals surface area contributed by atoms with Crippen molar-refractivity contribution >= 4 is 31.6 Å². The van der Waals surface area contributed by atoms with Gasteiger partial charge in [-0.2, -0.15) is 0 Å². The molecule has 21 heavy (non-hydrogen) atoms. The lowest BCUT2D eigenvalue weighted by molar-refractivity contribution is 0.601. The van der Waals surface area contributed by atoms with Crippen molar-refractivity contribution < 1.29 is 8.42 Å². The first-order valence-corrected chi connectivity index (χ1v) is 8.87. The van der Waals surface area contributed by atoms with Gasteiger partial charge in [0, 0.05) is 11.0 Å². The molecule has 0 atom stereocenters. The number of nitrogens with one attached hydrogen (secondary N) is 2. The molecule has 0 aromatic heterocycles. The van der Waals surface area contributed by atoms with Gasteiger partial charge in [0.1, 0.15) is 0 Å². The van der Waals surface area contributed by atoms with Crippen LogP contribution in [0.1, 0.15) is 12.5 Å². The maximum Gasteiger partial charge on any atom is 0.261 e. The topological polar surface area (TPSA) is 58.2 Å². The Morgan fingerprint density at radius 1 is 1.10 bits per heavy atom. The highest BCUT2D eigenvalue weighted by Gasteiger charge is 2.15. The van der Waals surface area contributed by atoms with E-state index in [2.05, 4.69) is 26.0 Å². The molecular formula is C15H17BrN2O2S. The van der Waals surface area contributed by atoms with E-state index in [1.54, 1.807) is 30.3 Å². The van der Waals surface area contributed by atoms with Crippen molar-refractivity contribution in [2.45, 2.75) is 18.4 Å². The molecule has 2 aromatic carbocycles. The molecule has 0 spiro atoms. The number of anilines is 1. The van der Waals surface area contributed by atoms with Gasteiger partial charge < -0.3 is 5.32 Å². The summed E-state index contributed by atoms with van der Waals surface area (Å²) in [5, 5.41) is 3.20. The van der Waals surface area contributed by atoms with Crippen molar-refractivity contribution in [2.24, 2.45) is 0 Å². The maximum absolute atomic E-state index is 12.4. The molecule has 2 N–H and O–H groups in total. The molecule has 2 rings (SSSR count). The average molecular weight is 369 g/mol.